The van der Waals surface area contributed by atoms with E-state index in [1.807, 2.05) is 13.2 Å². The highest BCUT2D eigenvalue weighted by Gasteiger charge is 2.42. The van der Waals surface area contributed by atoms with E-state index in [9.17, 15) is 0 Å². The molecule has 0 aromatic heterocycles. The fourth-order valence-corrected chi connectivity index (χ4v) is 4.57. The Morgan fingerprint density at radius 2 is 1.71 bits per heavy atom. The maximum Gasteiger partial charge on any atom is 0.164 e. The van der Waals surface area contributed by atoms with Gasteiger partial charge in [-0.2, -0.15) is 0 Å². The van der Waals surface area contributed by atoms with E-state index in [4.69, 9.17) is 18.9 Å². The summed E-state index contributed by atoms with van der Waals surface area (Å²) in [6, 6.07) is 4.08. The summed E-state index contributed by atoms with van der Waals surface area (Å²) in [4.78, 5) is 2.54. The Morgan fingerprint density at radius 3 is 2.33 bits per heavy atom. The standard InChI is InChI=1S/C19H27NO4/c1-21-16-9-18-17(23-6-3-7-24-18)8-15(16)12-20-10-13-4-5-14(11-20)19(13)22-2/h8-9,13-14,19H,3-7,10-12H2,1-2H3. The first-order valence-corrected chi connectivity index (χ1v) is 9.00. The first kappa shape index (κ1) is 16.0. The van der Waals surface area contributed by atoms with Crippen LogP contribution in [0.5, 0.6) is 17.2 Å². The minimum absolute atomic E-state index is 0.451. The molecule has 1 aromatic carbocycles. The summed E-state index contributed by atoms with van der Waals surface area (Å²) in [6.07, 6.45) is 3.95. The van der Waals surface area contributed by atoms with Crippen LogP contribution >= 0.6 is 0 Å². The maximum atomic E-state index is 5.85. The number of ether oxygens (including phenoxy) is 4. The Kier molecular flexibility index (Phi) is 4.55. The van der Waals surface area contributed by atoms with Crippen LogP contribution in [0.4, 0.5) is 0 Å². The molecule has 5 heteroatoms. The highest BCUT2D eigenvalue weighted by Crippen LogP contribution is 2.41. The molecule has 3 aliphatic rings. The summed E-state index contributed by atoms with van der Waals surface area (Å²) >= 11 is 0. The molecular weight excluding hydrogens is 306 g/mol. The lowest BCUT2D eigenvalue weighted by atomic mass is 9.94. The van der Waals surface area contributed by atoms with Crippen LogP contribution in [0.3, 0.4) is 0 Å². The first-order valence-electron chi connectivity index (χ1n) is 9.00. The molecule has 2 heterocycles. The van der Waals surface area contributed by atoms with Gasteiger partial charge in [0.15, 0.2) is 11.5 Å². The van der Waals surface area contributed by atoms with Crippen LogP contribution in [-0.4, -0.2) is 51.5 Å². The lowest BCUT2D eigenvalue weighted by Gasteiger charge is -2.37. The van der Waals surface area contributed by atoms with Crippen LogP contribution < -0.4 is 14.2 Å². The zero-order chi connectivity index (χ0) is 16.5. The van der Waals surface area contributed by atoms with Gasteiger partial charge in [-0.3, -0.25) is 4.90 Å². The van der Waals surface area contributed by atoms with Crippen LogP contribution in [0, 0.1) is 11.8 Å². The van der Waals surface area contributed by atoms with Crippen molar-refractivity contribution < 1.29 is 18.9 Å². The minimum Gasteiger partial charge on any atom is -0.496 e. The Labute approximate surface area is 143 Å². The maximum absolute atomic E-state index is 5.85. The molecule has 1 aromatic rings. The van der Waals surface area contributed by atoms with Crippen LogP contribution in [0.15, 0.2) is 12.1 Å². The first-order chi connectivity index (χ1) is 11.8. The predicted octanol–water partition coefficient (Wildman–Crippen LogP) is 2.71. The average molecular weight is 333 g/mol. The van der Waals surface area contributed by atoms with Crippen molar-refractivity contribution >= 4 is 0 Å². The smallest absolute Gasteiger partial charge is 0.164 e. The summed E-state index contributed by atoms with van der Waals surface area (Å²) < 4.78 is 23.0. The van der Waals surface area contributed by atoms with Gasteiger partial charge in [-0.1, -0.05) is 0 Å². The van der Waals surface area contributed by atoms with E-state index < -0.39 is 0 Å². The van der Waals surface area contributed by atoms with Gasteiger partial charge in [0.25, 0.3) is 0 Å². The van der Waals surface area contributed by atoms with E-state index in [-0.39, 0.29) is 0 Å². The lowest BCUT2D eigenvalue weighted by molar-refractivity contribution is -0.0181. The molecule has 1 saturated heterocycles. The summed E-state index contributed by atoms with van der Waals surface area (Å²) in [5, 5.41) is 0. The van der Waals surface area contributed by atoms with Gasteiger partial charge in [-0.25, -0.2) is 0 Å². The van der Waals surface area contributed by atoms with Crippen molar-refractivity contribution in [3.63, 3.8) is 0 Å². The van der Waals surface area contributed by atoms with Crippen molar-refractivity contribution in [2.45, 2.75) is 31.9 Å². The van der Waals surface area contributed by atoms with E-state index >= 15 is 0 Å². The molecule has 24 heavy (non-hydrogen) atoms. The second-order valence-electron chi connectivity index (χ2n) is 7.15. The summed E-state index contributed by atoms with van der Waals surface area (Å²) in [6.45, 7) is 4.51. The SMILES string of the molecule is COc1cc2c(cc1CN1CC3CCC(C1)C3OC)OCCCO2. The number of hydrogen-bond acceptors (Lipinski definition) is 5. The normalized spacial score (nSPS) is 29.3. The fourth-order valence-electron chi connectivity index (χ4n) is 4.57. The Bertz CT molecular complexity index is 577. The zero-order valence-electron chi connectivity index (χ0n) is 14.6. The van der Waals surface area contributed by atoms with Crippen molar-refractivity contribution in [1.82, 2.24) is 4.90 Å². The third-order valence-electron chi connectivity index (χ3n) is 5.64. The van der Waals surface area contributed by atoms with Gasteiger partial charge in [0.2, 0.25) is 0 Å². The van der Waals surface area contributed by atoms with Crippen molar-refractivity contribution in [2.75, 3.05) is 40.5 Å². The number of rotatable bonds is 4. The Balaban J connectivity index is 1.53. The molecule has 2 aliphatic heterocycles. The van der Waals surface area contributed by atoms with Gasteiger partial charge < -0.3 is 18.9 Å². The molecule has 4 rings (SSSR count). The molecule has 5 nitrogen and oxygen atoms in total. The quantitative estimate of drug-likeness (QED) is 0.847. The van der Waals surface area contributed by atoms with Crippen molar-refractivity contribution in [3.05, 3.63) is 17.7 Å². The predicted molar refractivity (Wildman–Crippen MR) is 90.9 cm³/mol. The van der Waals surface area contributed by atoms with Gasteiger partial charge in [0.1, 0.15) is 5.75 Å². The molecule has 2 atom stereocenters. The number of hydrogen-bond donors (Lipinski definition) is 0. The topological polar surface area (TPSA) is 40.2 Å². The molecular formula is C19H27NO4. The highest BCUT2D eigenvalue weighted by atomic mass is 16.5. The third kappa shape index (κ3) is 2.95. The molecule has 0 amide bonds. The van der Waals surface area contributed by atoms with E-state index in [1.54, 1.807) is 7.11 Å². The van der Waals surface area contributed by atoms with Gasteiger partial charge in [-0.15, -0.1) is 0 Å². The molecule has 0 spiro atoms. The average Bonchev–Trinajstić information content (AvgIpc) is 2.77. The summed E-state index contributed by atoms with van der Waals surface area (Å²) in [7, 11) is 3.59. The largest absolute Gasteiger partial charge is 0.496 e. The second-order valence-corrected chi connectivity index (χ2v) is 7.15. The molecule has 2 bridgehead atoms. The second kappa shape index (κ2) is 6.81. The number of piperidine rings is 1. The number of nitrogens with zero attached hydrogens (tertiary/aromatic N) is 1. The number of likely N-dealkylation sites (tertiary alicyclic amines) is 1. The number of fused-ring (bicyclic) bond motifs is 3. The van der Waals surface area contributed by atoms with Gasteiger partial charge in [0.05, 0.1) is 26.4 Å². The van der Waals surface area contributed by atoms with Crippen molar-refractivity contribution in [2.24, 2.45) is 11.8 Å². The lowest BCUT2D eigenvalue weighted by Crippen LogP contribution is -2.45. The Morgan fingerprint density at radius 1 is 1.04 bits per heavy atom. The zero-order valence-corrected chi connectivity index (χ0v) is 14.6. The molecule has 0 N–H and O–H groups in total. The van der Waals surface area contributed by atoms with Crippen molar-refractivity contribution in [1.29, 1.82) is 0 Å². The van der Waals surface area contributed by atoms with Crippen LogP contribution in [-0.2, 0) is 11.3 Å². The van der Waals surface area contributed by atoms with E-state index in [0.29, 0.717) is 31.2 Å². The van der Waals surface area contributed by atoms with E-state index in [1.165, 1.54) is 18.4 Å². The molecule has 132 valence electrons. The number of benzene rings is 1. The molecule has 2 unspecified atom stereocenters. The van der Waals surface area contributed by atoms with Crippen molar-refractivity contribution in [3.8, 4) is 17.2 Å². The summed E-state index contributed by atoms with van der Waals surface area (Å²) in [5.41, 5.74) is 1.18. The number of methoxy groups -OCH3 is 2. The minimum atomic E-state index is 0.451. The molecule has 2 fully saturated rings. The van der Waals surface area contributed by atoms with Gasteiger partial charge >= 0.3 is 0 Å². The molecule has 0 radical (unpaired) electrons. The van der Waals surface area contributed by atoms with Crippen LogP contribution in [0.1, 0.15) is 24.8 Å². The third-order valence-corrected chi connectivity index (χ3v) is 5.64. The Hall–Kier alpha value is -1.46. The van der Waals surface area contributed by atoms with E-state index in [2.05, 4.69) is 11.0 Å². The van der Waals surface area contributed by atoms with Gasteiger partial charge in [-0.05, 0) is 30.7 Å². The summed E-state index contributed by atoms with van der Waals surface area (Å²) in [5.74, 6) is 3.87. The van der Waals surface area contributed by atoms with Crippen LogP contribution in [0.25, 0.3) is 0 Å². The fraction of sp³-hybridized carbons (Fsp3) is 0.684. The van der Waals surface area contributed by atoms with Crippen LogP contribution in [0.2, 0.25) is 0 Å². The highest BCUT2D eigenvalue weighted by molar-refractivity contribution is 5.51. The molecule has 1 saturated carbocycles. The van der Waals surface area contributed by atoms with E-state index in [0.717, 1.165) is 43.3 Å². The monoisotopic (exact) mass is 333 g/mol. The molecule has 1 aliphatic carbocycles. The van der Waals surface area contributed by atoms with Gasteiger partial charge in [0, 0.05) is 44.8 Å².